The second-order valence-corrected chi connectivity index (χ2v) is 5.96. The molecule has 0 saturated carbocycles. The molecule has 4 nitrogen and oxygen atoms in total. The van der Waals surface area contributed by atoms with Crippen LogP contribution in [0.2, 0.25) is 0 Å². The van der Waals surface area contributed by atoms with E-state index in [1.54, 1.807) is 0 Å². The third-order valence-electron chi connectivity index (χ3n) is 3.55. The molecule has 0 spiro atoms. The summed E-state index contributed by atoms with van der Waals surface area (Å²) in [5, 5.41) is 3.48. The fourth-order valence-electron chi connectivity index (χ4n) is 2.65. The highest BCUT2D eigenvalue weighted by molar-refractivity contribution is 5.75. The highest BCUT2D eigenvalue weighted by atomic mass is 16.5. The lowest BCUT2D eigenvalue weighted by Gasteiger charge is -2.25. The van der Waals surface area contributed by atoms with E-state index in [1.165, 1.54) is 5.52 Å². The monoisotopic (exact) mass is 289 g/mol. The molecular formula is C17H27N3O. The van der Waals surface area contributed by atoms with Crippen molar-refractivity contribution in [3.05, 3.63) is 30.1 Å². The van der Waals surface area contributed by atoms with Gasteiger partial charge in [-0.05, 0) is 39.3 Å². The van der Waals surface area contributed by atoms with Crippen molar-refractivity contribution in [2.24, 2.45) is 0 Å². The average molecular weight is 289 g/mol. The Morgan fingerprint density at radius 1 is 1.24 bits per heavy atom. The minimum Gasteiger partial charge on any atom is -0.375 e. The Morgan fingerprint density at radius 2 is 2.00 bits per heavy atom. The van der Waals surface area contributed by atoms with Gasteiger partial charge in [-0.3, -0.25) is 0 Å². The molecule has 1 aromatic carbocycles. The minimum absolute atomic E-state index is 0.143. The predicted octanol–water partition coefficient (Wildman–Crippen LogP) is 3.35. The van der Waals surface area contributed by atoms with Gasteiger partial charge in [0.15, 0.2) is 0 Å². The van der Waals surface area contributed by atoms with Crippen molar-refractivity contribution in [3.8, 4) is 0 Å². The lowest BCUT2D eigenvalue weighted by molar-refractivity contribution is -0.00910. The van der Waals surface area contributed by atoms with Gasteiger partial charge < -0.3 is 14.6 Å². The van der Waals surface area contributed by atoms with Crippen LogP contribution < -0.4 is 5.32 Å². The van der Waals surface area contributed by atoms with E-state index in [0.717, 1.165) is 44.0 Å². The second-order valence-electron chi connectivity index (χ2n) is 5.96. The van der Waals surface area contributed by atoms with Crippen LogP contribution in [0.15, 0.2) is 24.3 Å². The van der Waals surface area contributed by atoms with Crippen LogP contribution in [0, 0.1) is 0 Å². The zero-order chi connectivity index (χ0) is 15.3. The van der Waals surface area contributed by atoms with Crippen LogP contribution in [0.5, 0.6) is 0 Å². The summed E-state index contributed by atoms with van der Waals surface area (Å²) >= 11 is 0. The maximum Gasteiger partial charge on any atom is 0.123 e. The van der Waals surface area contributed by atoms with Gasteiger partial charge >= 0.3 is 0 Å². The zero-order valence-corrected chi connectivity index (χ0v) is 13.6. The first kappa shape index (κ1) is 16.0. The second kappa shape index (κ2) is 7.05. The highest BCUT2D eigenvalue weighted by Gasteiger charge is 2.17. The van der Waals surface area contributed by atoms with Crippen LogP contribution in [0.4, 0.5) is 0 Å². The Balaban J connectivity index is 2.09. The van der Waals surface area contributed by atoms with E-state index in [-0.39, 0.29) is 5.60 Å². The number of ether oxygens (including phenoxy) is 1. The van der Waals surface area contributed by atoms with E-state index < -0.39 is 0 Å². The number of imidazole rings is 1. The zero-order valence-electron chi connectivity index (χ0n) is 13.6. The molecule has 0 amide bonds. The molecule has 0 fully saturated rings. The number of hydrogen-bond acceptors (Lipinski definition) is 3. The van der Waals surface area contributed by atoms with Crippen molar-refractivity contribution in [1.29, 1.82) is 0 Å². The molecule has 1 aromatic heterocycles. The number of fused-ring (bicyclic) bond motifs is 1. The van der Waals surface area contributed by atoms with Crippen LogP contribution in [0.25, 0.3) is 11.0 Å². The van der Waals surface area contributed by atoms with E-state index in [9.17, 15) is 0 Å². The third kappa shape index (κ3) is 4.05. The molecule has 4 heteroatoms. The SMILES string of the molecule is CCCn1c(CNCC(C)(C)OCC)nc2ccccc21. The molecule has 0 bridgehead atoms. The van der Waals surface area contributed by atoms with Gasteiger partial charge in [-0.15, -0.1) is 0 Å². The molecule has 2 rings (SSSR count). The Hall–Kier alpha value is -1.39. The van der Waals surface area contributed by atoms with Crippen molar-refractivity contribution in [1.82, 2.24) is 14.9 Å². The molecule has 0 aliphatic rings. The van der Waals surface area contributed by atoms with Gasteiger partial charge in [-0.1, -0.05) is 19.1 Å². The van der Waals surface area contributed by atoms with Gasteiger partial charge in [0.1, 0.15) is 5.82 Å². The highest BCUT2D eigenvalue weighted by Crippen LogP contribution is 2.17. The molecule has 0 unspecified atom stereocenters. The Morgan fingerprint density at radius 3 is 2.71 bits per heavy atom. The van der Waals surface area contributed by atoms with Crippen LogP contribution >= 0.6 is 0 Å². The topological polar surface area (TPSA) is 39.1 Å². The number of rotatable bonds is 8. The Labute approximate surface area is 127 Å². The number of hydrogen-bond donors (Lipinski definition) is 1. The molecule has 0 atom stereocenters. The summed E-state index contributed by atoms with van der Waals surface area (Å²) in [4.78, 5) is 4.76. The fraction of sp³-hybridized carbons (Fsp3) is 0.588. The molecule has 0 aliphatic carbocycles. The summed E-state index contributed by atoms with van der Waals surface area (Å²) in [7, 11) is 0. The van der Waals surface area contributed by atoms with Gasteiger partial charge in [0.2, 0.25) is 0 Å². The van der Waals surface area contributed by atoms with Crippen molar-refractivity contribution in [3.63, 3.8) is 0 Å². The van der Waals surface area contributed by atoms with E-state index >= 15 is 0 Å². The molecule has 0 saturated heterocycles. The molecule has 116 valence electrons. The summed E-state index contributed by atoms with van der Waals surface area (Å²) in [6.07, 6.45) is 1.11. The van der Waals surface area contributed by atoms with Gasteiger partial charge in [0.05, 0.1) is 23.2 Å². The molecule has 1 N–H and O–H groups in total. The fourth-order valence-corrected chi connectivity index (χ4v) is 2.65. The van der Waals surface area contributed by atoms with Gasteiger partial charge in [0.25, 0.3) is 0 Å². The number of aromatic nitrogens is 2. The number of aryl methyl sites for hydroxylation is 1. The number of nitrogens with zero attached hydrogens (tertiary/aromatic N) is 2. The van der Waals surface area contributed by atoms with Gasteiger partial charge in [-0.2, -0.15) is 0 Å². The van der Waals surface area contributed by atoms with Crippen LogP contribution in [0.3, 0.4) is 0 Å². The van der Waals surface area contributed by atoms with E-state index in [4.69, 9.17) is 9.72 Å². The summed E-state index contributed by atoms with van der Waals surface area (Å²) in [6, 6.07) is 8.34. The summed E-state index contributed by atoms with van der Waals surface area (Å²) in [6.45, 7) is 11.8. The lowest BCUT2D eigenvalue weighted by Crippen LogP contribution is -2.37. The Bertz CT molecular complexity index is 574. The smallest absolute Gasteiger partial charge is 0.123 e. The molecule has 0 radical (unpaired) electrons. The van der Waals surface area contributed by atoms with Crippen LogP contribution in [-0.4, -0.2) is 28.3 Å². The Kier molecular flexibility index (Phi) is 5.37. The first-order valence-electron chi connectivity index (χ1n) is 7.86. The predicted molar refractivity (Wildman–Crippen MR) is 87.4 cm³/mol. The number of benzene rings is 1. The first-order valence-corrected chi connectivity index (χ1v) is 7.86. The summed E-state index contributed by atoms with van der Waals surface area (Å²) in [5.41, 5.74) is 2.16. The van der Waals surface area contributed by atoms with E-state index in [1.807, 2.05) is 13.0 Å². The van der Waals surface area contributed by atoms with Crippen molar-refractivity contribution in [2.45, 2.75) is 52.8 Å². The lowest BCUT2D eigenvalue weighted by atomic mass is 10.1. The largest absolute Gasteiger partial charge is 0.375 e. The van der Waals surface area contributed by atoms with Gasteiger partial charge in [0, 0.05) is 19.7 Å². The van der Waals surface area contributed by atoms with Crippen molar-refractivity contribution < 1.29 is 4.74 Å². The standard InChI is InChI=1S/C17H27N3O/c1-5-11-20-15-10-8-7-9-14(15)19-16(20)12-18-13-17(3,4)21-6-2/h7-10,18H,5-6,11-13H2,1-4H3. The minimum atomic E-state index is -0.143. The number of para-hydroxylation sites is 2. The van der Waals surface area contributed by atoms with E-state index in [0.29, 0.717) is 0 Å². The maximum atomic E-state index is 5.71. The number of nitrogens with one attached hydrogen (secondary N) is 1. The summed E-state index contributed by atoms with van der Waals surface area (Å²) in [5.74, 6) is 1.10. The first-order chi connectivity index (χ1) is 10.1. The average Bonchev–Trinajstić information content (AvgIpc) is 2.77. The van der Waals surface area contributed by atoms with Crippen molar-refractivity contribution >= 4 is 11.0 Å². The molecule has 0 aliphatic heterocycles. The summed E-state index contributed by atoms with van der Waals surface area (Å²) < 4.78 is 8.03. The third-order valence-corrected chi connectivity index (χ3v) is 3.55. The molecule has 21 heavy (non-hydrogen) atoms. The van der Waals surface area contributed by atoms with Gasteiger partial charge in [-0.25, -0.2) is 4.98 Å². The van der Waals surface area contributed by atoms with Crippen LogP contribution in [-0.2, 0) is 17.8 Å². The molecule has 2 aromatic rings. The van der Waals surface area contributed by atoms with E-state index in [2.05, 4.69) is 48.9 Å². The normalized spacial score (nSPS) is 12.2. The maximum absolute atomic E-state index is 5.71. The van der Waals surface area contributed by atoms with Crippen LogP contribution in [0.1, 0.15) is 39.9 Å². The van der Waals surface area contributed by atoms with Crippen molar-refractivity contribution in [2.75, 3.05) is 13.2 Å². The molecular weight excluding hydrogens is 262 g/mol. The molecule has 1 heterocycles. The quantitative estimate of drug-likeness (QED) is 0.810.